The third kappa shape index (κ3) is 3.21. The molecule has 1 saturated heterocycles. The van der Waals surface area contributed by atoms with Crippen molar-refractivity contribution in [2.75, 3.05) is 26.7 Å². The number of benzene rings is 1. The number of morpholine rings is 1. The van der Waals surface area contributed by atoms with E-state index in [0.717, 1.165) is 18.7 Å². The molecule has 0 radical (unpaired) electrons. The van der Waals surface area contributed by atoms with Crippen molar-refractivity contribution in [1.29, 1.82) is 0 Å². The number of halogens is 2. The third-order valence-corrected chi connectivity index (χ3v) is 2.86. The highest BCUT2D eigenvalue weighted by Gasteiger charge is 2.19. The lowest BCUT2D eigenvalue weighted by molar-refractivity contribution is -0.0443. The molecule has 1 aliphatic heterocycles. The monoisotopic (exact) mass is 242 g/mol. The lowest BCUT2D eigenvalue weighted by atomic mass is 10.2. The van der Waals surface area contributed by atoms with E-state index in [2.05, 4.69) is 10.2 Å². The van der Waals surface area contributed by atoms with Gasteiger partial charge in [0.1, 0.15) is 6.23 Å². The second-order valence-corrected chi connectivity index (χ2v) is 4.13. The van der Waals surface area contributed by atoms with Gasteiger partial charge in [-0.25, -0.2) is 8.78 Å². The first-order valence-electron chi connectivity index (χ1n) is 5.64. The van der Waals surface area contributed by atoms with Crippen LogP contribution < -0.4 is 5.32 Å². The van der Waals surface area contributed by atoms with Crippen molar-refractivity contribution < 1.29 is 13.5 Å². The van der Waals surface area contributed by atoms with Crippen LogP contribution in [0.15, 0.2) is 18.2 Å². The van der Waals surface area contributed by atoms with Crippen molar-refractivity contribution >= 4 is 0 Å². The van der Waals surface area contributed by atoms with Gasteiger partial charge in [0.05, 0.1) is 6.61 Å². The second kappa shape index (κ2) is 5.53. The third-order valence-electron chi connectivity index (χ3n) is 2.86. The van der Waals surface area contributed by atoms with E-state index in [9.17, 15) is 8.78 Å². The summed E-state index contributed by atoms with van der Waals surface area (Å²) in [5, 5.41) is 3.04. The Labute approximate surface area is 99.4 Å². The first kappa shape index (κ1) is 12.4. The molecule has 1 fully saturated rings. The summed E-state index contributed by atoms with van der Waals surface area (Å²) in [6, 6.07) is 4.03. The van der Waals surface area contributed by atoms with Gasteiger partial charge >= 0.3 is 0 Å². The fourth-order valence-corrected chi connectivity index (χ4v) is 1.92. The molecule has 0 spiro atoms. The standard InChI is InChI=1S/C12H16F2N2O/c1-15-12-8-16(4-5-17-12)7-9-2-3-10(13)11(14)6-9/h2-3,6,12,15H,4-5,7-8H2,1H3. The van der Waals surface area contributed by atoms with Gasteiger partial charge < -0.3 is 4.74 Å². The molecular weight excluding hydrogens is 226 g/mol. The molecule has 1 aromatic carbocycles. The summed E-state index contributed by atoms with van der Waals surface area (Å²) in [5.74, 6) is -1.59. The Morgan fingerprint density at radius 2 is 2.24 bits per heavy atom. The number of hydrogen-bond donors (Lipinski definition) is 1. The summed E-state index contributed by atoms with van der Waals surface area (Å²) in [4.78, 5) is 2.15. The minimum Gasteiger partial charge on any atom is -0.361 e. The summed E-state index contributed by atoms with van der Waals surface area (Å²) in [5.41, 5.74) is 0.778. The maximum atomic E-state index is 13.0. The zero-order valence-corrected chi connectivity index (χ0v) is 9.75. The molecule has 0 bridgehead atoms. The number of ether oxygens (including phenoxy) is 1. The van der Waals surface area contributed by atoms with Crippen molar-refractivity contribution in [3.63, 3.8) is 0 Å². The van der Waals surface area contributed by atoms with Crippen LogP contribution >= 0.6 is 0 Å². The molecule has 1 heterocycles. The Morgan fingerprint density at radius 3 is 2.94 bits per heavy atom. The van der Waals surface area contributed by atoms with E-state index >= 15 is 0 Å². The predicted octanol–water partition coefficient (Wildman–Crippen LogP) is 1.34. The van der Waals surface area contributed by atoms with Crippen molar-refractivity contribution in [2.45, 2.75) is 12.8 Å². The molecule has 1 aromatic rings. The SMILES string of the molecule is CNC1CN(Cc2ccc(F)c(F)c2)CCO1. The van der Waals surface area contributed by atoms with Crippen LogP contribution in [0.25, 0.3) is 0 Å². The van der Waals surface area contributed by atoms with E-state index in [1.54, 1.807) is 6.07 Å². The van der Waals surface area contributed by atoms with Crippen LogP contribution in [0.3, 0.4) is 0 Å². The van der Waals surface area contributed by atoms with Gasteiger partial charge in [-0.3, -0.25) is 10.2 Å². The molecule has 0 aromatic heterocycles. The highest BCUT2D eigenvalue weighted by Crippen LogP contribution is 2.12. The fourth-order valence-electron chi connectivity index (χ4n) is 1.92. The Morgan fingerprint density at radius 1 is 1.41 bits per heavy atom. The van der Waals surface area contributed by atoms with Gasteiger partial charge in [0.2, 0.25) is 0 Å². The Kier molecular flexibility index (Phi) is 4.04. The van der Waals surface area contributed by atoms with E-state index in [0.29, 0.717) is 13.2 Å². The second-order valence-electron chi connectivity index (χ2n) is 4.13. The molecule has 0 amide bonds. The first-order chi connectivity index (χ1) is 8.19. The molecule has 0 saturated carbocycles. The van der Waals surface area contributed by atoms with Crippen LogP contribution in [0.1, 0.15) is 5.56 Å². The molecule has 1 N–H and O–H groups in total. The van der Waals surface area contributed by atoms with Crippen molar-refractivity contribution in [3.05, 3.63) is 35.4 Å². The van der Waals surface area contributed by atoms with Gasteiger partial charge in [-0.2, -0.15) is 0 Å². The molecule has 2 rings (SSSR count). The summed E-state index contributed by atoms with van der Waals surface area (Å²) in [6.07, 6.45) is 0.00838. The lowest BCUT2D eigenvalue weighted by Gasteiger charge is -2.32. The number of nitrogens with one attached hydrogen (secondary N) is 1. The quantitative estimate of drug-likeness (QED) is 0.865. The normalized spacial score (nSPS) is 21.7. The van der Waals surface area contributed by atoms with Crippen molar-refractivity contribution in [3.8, 4) is 0 Å². The van der Waals surface area contributed by atoms with Gasteiger partial charge in [0, 0.05) is 19.6 Å². The van der Waals surface area contributed by atoms with Gasteiger partial charge in [0.15, 0.2) is 11.6 Å². The van der Waals surface area contributed by atoms with E-state index in [1.165, 1.54) is 12.1 Å². The highest BCUT2D eigenvalue weighted by molar-refractivity contribution is 5.17. The topological polar surface area (TPSA) is 24.5 Å². The summed E-state index contributed by atoms with van der Waals surface area (Å²) in [7, 11) is 1.84. The maximum Gasteiger partial charge on any atom is 0.159 e. The lowest BCUT2D eigenvalue weighted by Crippen LogP contribution is -2.47. The van der Waals surface area contributed by atoms with E-state index in [-0.39, 0.29) is 6.23 Å². The number of likely N-dealkylation sites (N-methyl/N-ethyl adjacent to an activating group) is 1. The Balaban J connectivity index is 1.97. The molecule has 0 aliphatic carbocycles. The summed E-state index contributed by atoms with van der Waals surface area (Å²) in [6.45, 7) is 2.81. The van der Waals surface area contributed by atoms with Crippen LogP contribution in [0.5, 0.6) is 0 Å². The largest absolute Gasteiger partial charge is 0.361 e. The fraction of sp³-hybridized carbons (Fsp3) is 0.500. The maximum absolute atomic E-state index is 13.0. The first-order valence-corrected chi connectivity index (χ1v) is 5.64. The average molecular weight is 242 g/mol. The van der Waals surface area contributed by atoms with E-state index in [4.69, 9.17) is 4.74 Å². The van der Waals surface area contributed by atoms with Crippen LogP contribution in [-0.2, 0) is 11.3 Å². The van der Waals surface area contributed by atoms with Crippen molar-refractivity contribution in [2.24, 2.45) is 0 Å². The van der Waals surface area contributed by atoms with Gasteiger partial charge in [-0.05, 0) is 24.7 Å². The number of hydrogen-bond acceptors (Lipinski definition) is 3. The van der Waals surface area contributed by atoms with Crippen LogP contribution in [0.2, 0.25) is 0 Å². The summed E-state index contributed by atoms with van der Waals surface area (Å²) >= 11 is 0. The van der Waals surface area contributed by atoms with Crippen LogP contribution in [-0.4, -0.2) is 37.9 Å². The predicted molar refractivity (Wildman–Crippen MR) is 60.4 cm³/mol. The van der Waals surface area contributed by atoms with Gasteiger partial charge in [0.25, 0.3) is 0 Å². The van der Waals surface area contributed by atoms with Crippen molar-refractivity contribution in [1.82, 2.24) is 10.2 Å². The minimum absolute atomic E-state index is 0.00838. The molecule has 3 nitrogen and oxygen atoms in total. The molecule has 94 valence electrons. The average Bonchev–Trinajstić information content (AvgIpc) is 2.34. The minimum atomic E-state index is -0.802. The molecular formula is C12H16F2N2O. The highest BCUT2D eigenvalue weighted by atomic mass is 19.2. The molecule has 5 heteroatoms. The van der Waals surface area contributed by atoms with E-state index in [1.807, 2.05) is 7.05 Å². The molecule has 1 unspecified atom stereocenters. The number of rotatable bonds is 3. The van der Waals surface area contributed by atoms with Crippen LogP contribution in [0, 0.1) is 11.6 Å². The van der Waals surface area contributed by atoms with Gasteiger partial charge in [-0.1, -0.05) is 6.07 Å². The van der Waals surface area contributed by atoms with Gasteiger partial charge in [-0.15, -0.1) is 0 Å². The van der Waals surface area contributed by atoms with E-state index < -0.39 is 11.6 Å². The zero-order chi connectivity index (χ0) is 12.3. The Bertz CT molecular complexity index is 387. The van der Waals surface area contributed by atoms with Crippen LogP contribution in [0.4, 0.5) is 8.78 Å². The summed E-state index contributed by atoms with van der Waals surface area (Å²) < 4.78 is 31.3. The molecule has 1 aliphatic rings. The molecule has 1 atom stereocenters. The number of nitrogens with zero attached hydrogens (tertiary/aromatic N) is 1. The Hall–Kier alpha value is -1.04. The molecule has 17 heavy (non-hydrogen) atoms. The smallest absolute Gasteiger partial charge is 0.159 e. The zero-order valence-electron chi connectivity index (χ0n) is 9.75.